The van der Waals surface area contributed by atoms with E-state index in [1.165, 1.54) is 0 Å². The summed E-state index contributed by atoms with van der Waals surface area (Å²) in [6, 6.07) is 0. The molecule has 0 atom stereocenters. The van der Waals surface area contributed by atoms with E-state index in [0.29, 0.717) is 0 Å². The number of aromatic amines is 2. The Hall–Kier alpha value is -1.70. The summed E-state index contributed by atoms with van der Waals surface area (Å²) in [6.45, 7) is -0.00231. The van der Waals surface area contributed by atoms with Crippen molar-refractivity contribution >= 4 is 0 Å². The average Bonchev–Trinajstić information content (AvgIpc) is 2.20. The van der Waals surface area contributed by atoms with E-state index >= 15 is 0 Å². The van der Waals surface area contributed by atoms with Gasteiger partial charge in [-0.15, -0.1) is 6.42 Å². The molecule has 0 aromatic carbocycles. The first-order chi connectivity index (χ1) is 4.75. The summed E-state index contributed by atoms with van der Waals surface area (Å²) >= 11 is 0. The maximum absolute atomic E-state index is 10.6. The molecule has 52 valence electrons. The largest absolute Gasteiger partial charge is 0.345 e. The molecule has 0 saturated heterocycles. The molecule has 1 heterocycles. The maximum Gasteiger partial charge on any atom is 0.345 e. The van der Waals surface area contributed by atoms with E-state index in [1.807, 2.05) is 0 Å². The Balaban J connectivity index is 3.27. The van der Waals surface area contributed by atoms with Crippen LogP contribution < -0.4 is 11.4 Å². The first-order valence-corrected chi connectivity index (χ1v) is 2.56. The van der Waals surface area contributed by atoms with Crippen LogP contribution in [0, 0.1) is 12.3 Å². The Bertz CT molecular complexity index is 334. The van der Waals surface area contributed by atoms with Gasteiger partial charge >= 0.3 is 11.4 Å². The monoisotopic (exact) mass is 139 g/mol. The van der Waals surface area contributed by atoms with Crippen LogP contribution in [0.15, 0.2) is 9.59 Å². The van der Waals surface area contributed by atoms with E-state index in [1.54, 1.807) is 0 Å². The maximum atomic E-state index is 10.6. The van der Waals surface area contributed by atoms with Crippen molar-refractivity contribution in [1.82, 2.24) is 14.8 Å². The SMILES string of the molecule is C#CCn1c(=O)[nH][nH]c1=O. The smallest absolute Gasteiger partial charge is 0.247 e. The number of hydrogen-bond donors (Lipinski definition) is 2. The molecular weight excluding hydrogens is 134 g/mol. The molecule has 0 aliphatic rings. The molecule has 0 spiro atoms. The van der Waals surface area contributed by atoms with Crippen molar-refractivity contribution in [3.8, 4) is 12.3 Å². The fraction of sp³-hybridized carbons (Fsp3) is 0.200. The fourth-order valence-electron chi connectivity index (χ4n) is 0.569. The van der Waals surface area contributed by atoms with Gasteiger partial charge in [0.15, 0.2) is 0 Å². The van der Waals surface area contributed by atoms with Crippen LogP contribution >= 0.6 is 0 Å². The van der Waals surface area contributed by atoms with Gasteiger partial charge in [-0.25, -0.2) is 24.4 Å². The molecular formula is C5H5N3O2. The number of terminal acetylenes is 1. The highest BCUT2D eigenvalue weighted by molar-refractivity contribution is 4.85. The Kier molecular flexibility index (Phi) is 1.46. The molecule has 0 saturated carbocycles. The van der Waals surface area contributed by atoms with Crippen molar-refractivity contribution in [3.63, 3.8) is 0 Å². The van der Waals surface area contributed by atoms with E-state index < -0.39 is 11.4 Å². The minimum atomic E-state index is -0.511. The van der Waals surface area contributed by atoms with Crippen molar-refractivity contribution in [2.24, 2.45) is 0 Å². The van der Waals surface area contributed by atoms with Gasteiger partial charge in [0, 0.05) is 0 Å². The highest BCUT2D eigenvalue weighted by Crippen LogP contribution is 1.62. The van der Waals surface area contributed by atoms with Crippen molar-refractivity contribution in [2.45, 2.75) is 6.54 Å². The lowest BCUT2D eigenvalue weighted by atomic mass is 10.7. The van der Waals surface area contributed by atoms with Crippen LogP contribution in [0.5, 0.6) is 0 Å². The van der Waals surface area contributed by atoms with Crippen molar-refractivity contribution in [2.75, 3.05) is 0 Å². The first-order valence-electron chi connectivity index (χ1n) is 2.56. The molecule has 0 unspecified atom stereocenters. The van der Waals surface area contributed by atoms with Crippen LogP contribution in [0.1, 0.15) is 0 Å². The second kappa shape index (κ2) is 2.27. The molecule has 0 bridgehead atoms. The van der Waals surface area contributed by atoms with Gasteiger partial charge in [-0.2, -0.15) is 0 Å². The number of nitrogens with one attached hydrogen (secondary N) is 2. The molecule has 0 aliphatic heterocycles. The molecule has 0 aliphatic carbocycles. The molecule has 0 fully saturated rings. The minimum Gasteiger partial charge on any atom is -0.247 e. The van der Waals surface area contributed by atoms with Crippen molar-refractivity contribution in [1.29, 1.82) is 0 Å². The van der Waals surface area contributed by atoms with Crippen LogP contribution in [0.2, 0.25) is 0 Å². The summed E-state index contributed by atoms with van der Waals surface area (Å²) in [5, 5.41) is 4.19. The lowest BCUT2D eigenvalue weighted by Gasteiger charge is -1.84. The zero-order chi connectivity index (χ0) is 7.56. The van der Waals surface area contributed by atoms with Crippen LogP contribution in [0.25, 0.3) is 0 Å². The molecule has 1 aromatic rings. The number of H-pyrrole nitrogens is 2. The predicted molar refractivity (Wildman–Crippen MR) is 34.5 cm³/mol. The second-order valence-corrected chi connectivity index (χ2v) is 1.65. The Morgan fingerprint density at radius 2 is 1.90 bits per heavy atom. The highest BCUT2D eigenvalue weighted by atomic mass is 16.2. The van der Waals surface area contributed by atoms with E-state index in [9.17, 15) is 9.59 Å². The number of aromatic nitrogens is 3. The lowest BCUT2D eigenvalue weighted by Crippen LogP contribution is -2.25. The zero-order valence-electron chi connectivity index (χ0n) is 5.05. The highest BCUT2D eigenvalue weighted by Gasteiger charge is 1.97. The van der Waals surface area contributed by atoms with Crippen LogP contribution in [0.4, 0.5) is 0 Å². The number of hydrogen-bond acceptors (Lipinski definition) is 2. The topological polar surface area (TPSA) is 70.7 Å². The van der Waals surface area contributed by atoms with Gasteiger partial charge in [0.05, 0.1) is 6.54 Å². The number of nitrogens with zero attached hydrogens (tertiary/aromatic N) is 1. The van der Waals surface area contributed by atoms with Crippen LogP contribution in [0.3, 0.4) is 0 Å². The van der Waals surface area contributed by atoms with E-state index in [4.69, 9.17) is 6.42 Å². The van der Waals surface area contributed by atoms with Gasteiger partial charge in [-0.1, -0.05) is 5.92 Å². The molecule has 1 rings (SSSR count). The molecule has 10 heavy (non-hydrogen) atoms. The second-order valence-electron chi connectivity index (χ2n) is 1.65. The first kappa shape index (κ1) is 6.42. The summed E-state index contributed by atoms with van der Waals surface area (Å²) < 4.78 is 0.889. The van der Waals surface area contributed by atoms with Crippen molar-refractivity contribution in [3.05, 3.63) is 21.0 Å². The third-order valence-corrected chi connectivity index (χ3v) is 1.02. The zero-order valence-corrected chi connectivity index (χ0v) is 5.05. The van der Waals surface area contributed by atoms with Crippen LogP contribution in [-0.4, -0.2) is 14.8 Å². The fourth-order valence-corrected chi connectivity index (χ4v) is 0.569. The van der Waals surface area contributed by atoms with Gasteiger partial charge in [0.25, 0.3) is 0 Å². The average molecular weight is 139 g/mol. The standard InChI is InChI=1S/C5H5N3O2/c1-2-3-8-4(9)6-7-5(8)10/h1H,3H2,(H,6,9)(H,7,10). The van der Waals surface area contributed by atoms with Gasteiger partial charge in [0.1, 0.15) is 0 Å². The van der Waals surface area contributed by atoms with E-state index in [-0.39, 0.29) is 6.54 Å². The third-order valence-electron chi connectivity index (χ3n) is 1.02. The van der Waals surface area contributed by atoms with Crippen molar-refractivity contribution < 1.29 is 0 Å². The Morgan fingerprint density at radius 3 is 2.30 bits per heavy atom. The molecule has 0 amide bonds. The third kappa shape index (κ3) is 0.865. The van der Waals surface area contributed by atoms with Gasteiger partial charge in [-0.3, -0.25) is 0 Å². The summed E-state index contributed by atoms with van der Waals surface area (Å²) in [5.41, 5.74) is -1.02. The molecule has 1 aromatic heterocycles. The molecule has 5 nitrogen and oxygen atoms in total. The Morgan fingerprint density at radius 1 is 1.40 bits per heavy atom. The van der Waals surface area contributed by atoms with Crippen LogP contribution in [-0.2, 0) is 6.54 Å². The quantitative estimate of drug-likeness (QED) is 0.465. The summed E-state index contributed by atoms with van der Waals surface area (Å²) in [4.78, 5) is 21.2. The van der Waals surface area contributed by atoms with Gasteiger partial charge < -0.3 is 0 Å². The normalized spacial score (nSPS) is 9.10. The minimum absolute atomic E-state index is 0.00231. The summed E-state index contributed by atoms with van der Waals surface area (Å²) in [7, 11) is 0. The van der Waals surface area contributed by atoms with Gasteiger partial charge in [-0.05, 0) is 0 Å². The predicted octanol–water partition coefficient (Wildman–Crippen LogP) is -1.50. The number of rotatable bonds is 1. The molecule has 2 N–H and O–H groups in total. The van der Waals surface area contributed by atoms with E-state index in [2.05, 4.69) is 16.1 Å². The molecule has 5 heteroatoms. The molecule has 0 radical (unpaired) electrons. The summed E-state index contributed by atoms with van der Waals surface area (Å²) in [6.07, 6.45) is 4.88. The van der Waals surface area contributed by atoms with E-state index in [0.717, 1.165) is 4.57 Å². The summed E-state index contributed by atoms with van der Waals surface area (Å²) in [5.74, 6) is 2.17. The van der Waals surface area contributed by atoms with Gasteiger partial charge in [0.2, 0.25) is 0 Å². The Labute approximate surface area is 55.7 Å². The lowest BCUT2D eigenvalue weighted by molar-refractivity contribution is 0.767.